The second-order valence-corrected chi connectivity index (χ2v) is 9.30. The van der Waals surface area contributed by atoms with Crippen LogP contribution in [0.3, 0.4) is 0 Å². The number of hydrogen-bond donors (Lipinski definition) is 0. The van der Waals surface area contributed by atoms with Gasteiger partial charge in [0, 0.05) is 55.0 Å². The molecule has 0 saturated carbocycles. The Morgan fingerprint density at radius 1 is 1.10 bits per heavy atom. The normalized spacial score (nSPS) is 17.1. The van der Waals surface area contributed by atoms with Crippen molar-refractivity contribution in [3.8, 4) is 0 Å². The van der Waals surface area contributed by atoms with E-state index in [9.17, 15) is 9.18 Å². The molecule has 0 radical (unpaired) electrons. The Labute approximate surface area is 186 Å². The fraction of sp³-hybridized carbons (Fsp3) is 0.360. The summed E-state index contributed by atoms with van der Waals surface area (Å²) >= 11 is 1.39. The zero-order valence-corrected chi connectivity index (χ0v) is 18.3. The molecule has 0 unspecified atom stereocenters. The number of aromatic nitrogens is 1. The van der Waals surface area contributed by atoms with E-state index in [1.165, 1.54) is 28.2 Å². The lowest BCUT2D eigenvalue weighted by molar-refractivity contribution is 0.103. The molecule has 2 aromatic carbocycles. The standard InChI is InChI=1S/C25H26FN3OS/c26-21-5-1-18(2-6-21)7-12-28-13-9-22(10-14-28)29-15-8-19-3-4-20(17-23(19)29)24(30)25-27-11-16-31-25/h1-6,11,16-17,22H,7-10,12-15H2. The minimum Gasteiger partial charge on any atom is -0.368 e. The van der Waals surface area contributed by atoms with Gasteiger partial charge in [-0.2, -0.15) is 0 Å². The lowest BCUT2D eigenvalue weighted by atomic mass is 10.0. The van der Waals surface area contributed by atoms with E-state index in [1.54, 1.807) is 18.3 Å². The largest absolute Gasteiger partial charge is 0.368 e. The van der Waals surface area contributed by atoms with E-state index in [-0.39, 0.29) is 11.6 Å². The molecule has 31 heavy (non-hydrogen) atoms. The molecule has 1 fully saturated rings. The number of halogens is 1. The van der Waals surface area contributed by atoms with Crippen LogP contribution in [0.15, 0.2) is 54.0 Å². The summed E-state index contributed by atoms with van der Waals surface area (Å²) in [5.74, 6) is -0.160. The molecule has 3 heterocycles. The average molecular weight is 436 g/mol. The molecular weight excluding hydrogens is 409 g/mol. The molecule has 4 nitrogen and oxygen atoms in total. The number of carbonyl (C=O) groups is 1. The molecular formula is C25H26FN3OS. The Balaban J connectivity index is 1.20. The number of piperidine rings is 1. The zero-order valence-electron chi connectivity index (χ0n) is 17.5. The number of nitrogens with zero attached hydrogens (tertiary/aromatic N) is 3. The van der Waals surface area contributed by atoms with Crippen LogP contribution in [-0.2, 0) is 12.8 Å². The summed E-state index contributed by atoms with van der Waals surface area (Å²) in [6.45, 7) is 4.21. The molecule has 5 rings (SSSR count). The van der Waals surface area contributed by atoms with E-state index in [0.29, 0.717) is 11.0 Å². The molecule has 1 saturated heterocycles. The summed E-state index contributed by atoms with van der Waals surface area (Å²) in [5, 5.41) is 2.40. The van der Waals surface area contributed by atoms with E-state index >= 15 is 0 Å². The molecule has 160 valence electrons. The minimum atomic E-state index is -0.174. The van der Waals surface area contributed by atoms with Crippen LogP contribution in [0.25, 0.3) is 0 Å². The SMILES string of the molecule is O=C(c1ccc2c(c1)N(C1CCN(CCc3ccc(F)cc3)CC1)CC2)c1nccs1. The molecule has 0 atom stereocenters. The summed E-state index contributed by atoms with van der Waals surface area (Å²) in [5.41, 5.74) is 4.49. The highest BCUT2D eigenvalue weighted by molar-refractivity contribution is 7.11. The number of carbonyl (C=O) groups excluding carboxylic acids is 1. The van der Waals surface area contributed by atoms with Crippen molar-refractivity contribution < 1.29 is 9.18 Å². The first kappa shape index (κ1) is 20.3. The Kier molecular flexibility index (Phi) is 5.83. The predicted molar refractivity (Wildman–Crippen MR) is 123 cm³/mol. The number of thiazole rings is 1. The van der Waals surface area contributed by atoms with Crippen molar-refractivity contribution in [3.63, 3.8) is 0 Å². The number of ketones is 1. The van der Waals surface area contributed by atoms with E-state index < -0.39 is 0 Å². The summed E-state index contributed by atoms with van der Waals surface area (Å²) in [6, 6.07) is 13.5. The van der Waals surface area contributed by atoms with Gasteiger partial charge < -0.3 is 9.80 Å². The van der Waals surface area contributed by atoms with Gasteiger partial charge in [-0.25, -0.2) is 9.37 Å². The Hall–Kier alpha value is -2.57. The van der Waals surface area contributed by atoms with E-state index in [2.05, 4.69) is 26.9 Å². The van der Waals surface area contributed by atoms with Crippen molar-refractivity contribution in [2.24, 2.45) is 0 Å². The number of fused-ring (bicyclic) bond motifs is 1. The number of benzene rings is 2. The van der Waals surface area contributed by atoms with Gasteiger partial charge >= 0.3 is 0 Å². The molecule has 1 aromatic heterocycles. The number of likely N-dealkylation sites (tertiary alicyclic amines) is 1. The van der Waals surface area contributed by atoms with Crippen molar-refractivity contribution in [2.75, 3.05) is 31.1 Å². The first-order valence-corrected chi connectivity index (χ1v) is 11.9. The highest BCUT2D eigenvalue weighted by Gasteiger charge is 2.30. The molecule has 0 N–H and O–H groups in total. The van der Waals surface area contributed by atoms with Crippen LogP contribution in [0.2, 0.25) is 0 Å². The third kappa shape index (κ3) is 4.41. The quantitative estimate of drug-likeness (QED) is 0.531. The van der Waals surface area contributed by atoms with Crippen LogP contribution in [0.5, 0.6) is 0 Å². The van der Waals surface area contributed by atoms with Gasteiger partial charge in [-0.3, -0.25) is 4.79 Å². The fourth-order valence-corrected chi connectivity index (χ4v) is 5.37. The molecule has 0 bridgehead atoms. The van der Waals surface area contributed by atoms with Crippen LogP contribution in [-0.4, -0.2) is 47.9 Å². The van der Waals surface area contributed by atoms with Gasteiger partial charge in [-0.05, 0) is 55.0 Å². The van der Waals surface area contributed by atoms with Crippen molar-refractivity contribution in [3.05, 3.63) is 81.6 Å². The van der Waals surface area contributed by atoms with Gasteiger partial charge in [0.1, 0.15) is 5.82 Å². The molecule has 2 aliphatic rings. The van der Waals surface area contributed by atoms with Crippen molar-refractivity contribution >= 4 is 22.8 Å². The number of hydrogen-bond acceptors (Lipinski definition) is 5. The molecule has 0 amide bonds. The maximum absolute atomic E-state index is 13.1. The predicted octanol–water partition coefficient (Wildman–Crippen LogP) is 4.58. The first-order valence-electron chi connectivity index (χ1n) is 11.0. The van der Waals surface area contributed by atoms with Crippen molar-refractivity contribution in [1.82, 2.24) is 9.88 Å². The van der Waals surface area contributed by atoms with Crippen molar-refractivity contribution in [2.45, 2.75) is 31.7 Å². The maximum Gasteiger partial charge on any atom is 0.221 e. The number of anilines is 1. The third-order valence-corrected chi connectivity index (χ3v) is 7.31. The molecule has 0 spiro atoms. The van der Waals surface area contributed by atoms with E-state index in [4.69, 9.17) is 0 Å². The van der Waals surface area contributed by atoms with Crippen molar-refractivity contribution in [1.29, 1.82) is 0 Å². The third-order valence-electron chi connectivity index (χ3n) is 6.53. The summed E-state index contributed by atoms with van der Waals surface area (Å²) in [7, 11) is 0. The van der Waals surface area contributed by atoms with Gasteiger partial charge in [0.05, 0.1) is 0 Å². The average Bonchev–Trinajstić information content (AvgIpc) is 3.48. The van der Waals surface area contributed by atoms with Crippen LogP contribution in [0, 0.1) is 5.82 Å². The molecule has 2 aliphatic heterocycles. The Morgan fingerprint density at radius 3 is 2.65 bits per heavy atom. The number of rotatable bonds is 6. The lowest BCUT2D eigenvalue weighted by Crippen LogP contribution is -2.45. The lowest BCUT2D eigenvalue weighted by Gasteiger charge is -2.38. The van der Waals surface area contributed by atoms with Crippen LogP contribution in [0.1, 0.15) is 39.3 Å². The highest BCUT2D eigenvalue weighted by atomic mass is 32.1. The smallest absolute Gasteiger partial charge is 0.221 e. The second kappa shape index (κ2) is 8.89. The van der Waals surface area contributed by atoms with Gasteiger partial charge in [0.15, 0.2) is 5.01 Å². The van der Waals surface area contributed by atoms with Gasteiger partial charge in [0.25, 0.3) is 0 Å². The minimum absolute atomic E-state index is 0.0141. The molecule has 6 heteroatoms. The van der Waals surface area contributed by atoms with Gasteiger partial charge in [-0.1, -0.05) is 24.3 Å². The fourth-order valence-electron chi connectivity index (χ4n) is 4.78. The van der Waals surface area contributed by atoms with Crippen LogP contribution in [0.4, 0.5) is 10.1 Å². The van der Waals surface area contributed by atoms with Gasteiger partial charge in [0.2, 0.25) is 5.78 Å². The zero-order chi connectivity index (χ0) is 21.2. The van der Waals surface area contributed by atoms with Gasteiger partial charge in [-0.15, -0.1) is 11.3 Å². The summed E-state index contributed by atoms with van der Waals surface area (Å²) in [6.07, 6.45) is 5.95. The Morgan fingerprint density at radius 2 is 1.90 bits per heavy atom. The van der Waals surface area contributed by atoms with E-state index in [1.807, 2.05) is 23.6 Å². The van der Waals surface area contributed by atoms with Crippen LogP contribution < -0.4 is 4.90 Å². The monoisotopic (exact) mass is 435 g/mol. The highest BCUT2D eigenvalue weighted by Crippen LogP contribution is 2.34. The Bertz CT molecular complexity index is 1040. The molecule has 3 aromatic rings. The first-order chi connectivity index (χ1) is 15.2. The molecule has 0 aliphatic carbocycles. The summed E-state index contributed by atoms with van der Waals surface area (Å²) < 4.78 is 13.1. The maximum atomic E-state index is 13.1. The van der Waals surface area contributed by atoms with Crippen LogP contribution >= 0.6 is 11.3 Å². The summed E-state index contributed by atoms with van der Waals surface area (Å²) in [4.78, 5) is 22.0. The van der Waals surface area contributed by atoms with E-state index in [0.717, 1.165) is 57.4 Å². The second-order valence-electron chi connectivity index (χ2n) is 8.40. The topological polar surface area (TPSA) is 36.4 Å².